The van der Waals surface area contributed by atoms with Gasteiger partial charge in [0, 0.05) is 12.1 Å². The summed E-state index contributed by atoms with van der Waals surface area (Å²) in [7, 11) is 0. The van der Waals surface area contributed by atoms with E-state index < -0.39 is 11.6 Å². The van der Waals surface area contributed by atoms with Crippen molar-refractivity contribution in [3.8, 4) is 12.3 Å². The lowest BCUT2D eigenvalue weighted by Gasteiger charge is -2.02. The first-order chi connectivity index (χ1) is 6.24. The largest absolute Gasteiger partial charge is 0.302 e. The van der Waals surface area contributed by atoms with Gasteiger partial charge in [-0.25, -0.2) is 8.78 Å². The number of benzene rings is 1. The molecule has 0 aliphatic rings. The first kappa shape index (κ1) is 9.69. The average Bonchev–Trinajstić information content (AvgIpc) is 2.11. The van der Waals surface area contributed by atoms with Crippen LogP contribution in [-0.2, 0) is 6.54 Å². The van der Waals surface area contributed by atoms with Gasteiger partial charge in [-0.15, -0.1) is 6.42 Å². The van der Waals surface area contributed by atoms with E-state index in [9.17, 15) is 8.78 Å². The second-order valence-corrected chi connectivity index (χ2v) is 2.54. The summed E-state index contributed by atoms with van der Waals surface area (Å²) in [5.41, 5.74) is 0.287. The highest BCUT2D eigenvalue weighted by atomic mass is 19.1. The zero-order valence-corrected chi connectivity index (χ0v) is 6.98. The number of halogens is 2. The van der Waals surface area contributed by atoms with Crippen LogP contribution in [0.2, 0.25) is 0 Å². The molecule has 1 N–H and O–H groups in total. The van der Waals surface area contributed by atoms with Crippen molar-refractivity contribution in [2.24, 2.45) is 0 Å². The van der Waals surface area contributed by atoms with Crippen LogP contribution in [0, 0.1) is 24.0 Å². The SMILES string of the molecule is C#CCNCc1cc(F)ccc1F. The maximum absolute atomic E-state index is 12.9. The molecule has 0 saturated heterocycles. The van der Waals surface area contributed by atoms with Crippen LogP contribution in [-0.4, -0.2) is 6.54 Å². The molecule has 0 bridgehead atoms. The van der Waals surface area contributed by atoms with Gasteiger partial charge < -0.3 is 5.32 Å². The van der Waals surface area contributed by atoms with Crippen molar-refractivity contribution >= 4 is 0 Å². The summed E-state index contributed by atoms with van der Waals surface area (Å²) in [6, 6.07) is 3.33. The number of nitrogens with one attached hydrogen (secondary N) is 1. The molecule has 0 radical (unpaired) electrons. The summed E-state index contributed by atoms with van der Waals surface area (Å²) < 4.78 is 25.6. The Morgan fingerprint density at radius 1 is 1.38 bits per heavy atom. The molecule has 1 aromatic carbocycles. The van der Waals surface area contributed by atoms with E-state index in [-0.39, 0.29) is 12.1 Å². The molecule has 68 valence electrons. The fourth-order valence-corrected chi connectivity index (χ4v) is 0.948. The van der Waals surface area contributed by atoms with Gasteiger partial charge in [0.1, 0.15) is 11.6 Å². The molecule has 0 spiro atoms. The van der Waals surface area contributed by atoms with Crippen molar-refractivity contribution in [1.29, 1.82) is 0 Å². The Hall–Kier alpha value is -1.40. The highest BCUT2D eigenvalue weighted by molar-refractivity contribution is 5.18. The van der Waals surface area contributed by atoms with E-state index >= 15 is 0 Å². The highest BCUT2D eigenvalue weighted by Gasteiger charge is 2.01. The first-order valence-electron chi connectivity index (χ1n) is 3.82. The topological polar surface area (TPSA) is 12.0 Å². The third-order valence-corrected chi connectivity index (χ3v) is 1.55. The molecule has 1 nitrogen and oxygen atoms in total. The zero-order chi connectivity index (χ0) is 9.68. The molecule has 13 heavy (non-hydrogen) atoms. The molecular formula is C10H9F2N. The molecule has 0 aliphatic heterocycles. The van der Waals surface area contributed by atoms with Crippen molar-refractivity contribution in [2.45, 2.75) is 6.54 Å². The molecule has 1 rings (SSSR count). The molecule has 0 saturated carbocycles. The summed E-state index contributed by atoms with van der Waals surface area (Å²) >= 11 is 0. The van der Waals surface area contributed by atoms with Gasteiger partial charge in [0.2, 0.25) is 0 Å². The second-order valence-electron chi connectivity index (χ2n) is 2.54. The van der Waals surface area contributed by atoms with Crippen LogP contribution in [0.5, 0.6) is 0 Å². The van der Waals surface area contributed by atoms with Crippen LogP contribution in [0.3, 0.4) is 0 Å². The van der Waals surface area contributed by atoms with Crippen LogP contribution in [0.4, 0.5) is 8.78 Å². The maximum Gasteiger partial charge on any atom is 0.127 e. The molecule has 0 unspecified atom stereocenters. The lowest BCUT2D eigenvalue weighted by Crippen LogP contribution is -2.14. The van der Waals surface area contributed by atoms with Gasteiger partial charge in [0.05, 0.1) is 6.54 Å². The molecule has 0 aliphatic carbocycles. The average molecular weight is 181 g/mol. The molecule has 3 heteroatoms. The monoisotopic (exact) mass is 181 g/mol. The van der Waals surface area contributed by atoms with Crippen molar-refractivity contribution in [3.63, 3.8) is 0 Å². The second kappa shape index (κ2) is 4.58. The van der Waals surface area contributed by atoms with Gasteiger partial charge in [-0.05, 0) is 18.2 Å². The fraction of sp³-hybridized carbons (Fsp3) is 0.200. The standard InChI is InChI=1S/C10H9F2N/c1-2-5-13-7-8-6-9(11)3-4-10(8)12/h1,3-4,6,13H,5,7H2. The summed E-state index contributed by atoms with van der Waals surface area (Å²) in [5, 5.41) is 2.78. The van der Waals surface area contributed by atoms with Crippen molar-refractivity contribution in [3.05, 3.63) is 35.4 Å². The van der Waals surface area contributed by atoms with Crippen molar-refractivity contribution in [2.75, 3.05) is 6.54 Å². The Morgan fingerprint density at radius 2 is 2.15 bits per heavy atom. The van der Waals surface area contributed by atoms with Gasteiger partial charge in [-0.3, -0.25) is 0 Å². The predicted molar refractivity (Wildman–Crippen MR) is 46.9 cm³/mol. The quantitative estimate of drug-likeness (QED) is 0.552. The summed E-state index contributed by atoms with van der Waals surface area (Å²) in [6.45, 7) is 0.587. The van der Waals surface area contributed by atoms with E-state index in [1.807, 2.05) is 0 Å². The zero-order valence-electron chi connectivity index (χ0n) is 6.98. The number of hydrogen-bond donors (Lipinski definition) is 1. The van der Waals surface area contributed by atoms with Crippen molar-refractivity contribution < 1.29 is 8.78 Å². The van der Waals surface area contributed by atoms with E-state index in [4.69, 9.17) is 6.42 Å². The molecule has 1 aromatic rings. The molecule has 0 heterocycles. The van der Waals surface area contributed by atoms with E-state index in [0.29, 0.717) is 6.54 Å². The van der Waals surface area contributed by atoms with Gasteiger partial charge in [0.15, 0.2) is 0 Å². The minimum atomic E-state index is -0.445. The number of rotatable bonds is 3. The van der Waals surface area contributed by atoms with Crippen LogP contribution in [0.1, 0.15) is 5.56 Å². The highest BCUT2D eigenvalue weighted by Crippen LogP contribution is 2.08. The van der Waals surface area contributed by atoms with E-state index in [1.54, 1.807) is 0 Å². The van der Waals surface area contributed by atoms with E-state index in [1.165, 1.54) is 0 Å². The Kier molecular flexibility index (Phi) is 3.41. The van der Waals surface area contributed by atoms with E-state index in [2.05, 4.69) is 11.2 Å². The van der Waals surface area contributed by atoms with Crippen molar-refractivity contribution in [1.82, 2.24) is 5.32 Å². The molecule has 0 atom stereocenters. The summed E-state index contributed by atoms with van der Waals surface area (Å²) in [4.78, 5) is 0. The van der Waals surface area contributed by atoms with Gasteiger partial charge in [0.25, 0.3) is 0 Å². The van der Waals surface area contributed by atoms with Gasteiger partial charge >= 0.3 is 0 Å². The lowest BCUT2D eigenvalue weighted by molar-refractivity contribution is 0.575. The Morgan fingerprint density at radius 3 is 2.85 bits per heavy atom. The van der Waals surface area contributed by atoms with Crippen LogP contribution in [0.15, 0.2) is 18.2 Å². The molecule has 0 fully saturated rings. The van der Waals surface area contributed by atoms with Gasteiger partial charge in [-0.1, -0.05) is 5.92 Å². The van der Waals surface area contributed by atoms with E-state index in [0.717, 1.165) is 18.2 Å². The maximum atomic E-state index is 12.9. The summed E-state index contributed by atoms with van der Waals surface area (Å²) in [6.07, 6.45) is 4.98. The minimum Gasteiger partial charge on any atom is -0.302 e. The normalized spacial score (nSPS) is 9.62. The Labute approximate surface area is 75.8 Å². The minimum absolute atomic E-state index is 0.244. The molecular weight excluding hydrogens is 172 g/mol. The molecule has 0 aromatic heterocycles. The Balaban J connectivity index is 2.65. The number of hydrogen-bond acceptors (Lipinski definition) is 1. The lowest BCUT2D eigenvalue weighted by atomic mass is 10.2. The first-order valence-corrected chi connectivity index (χ1v) is 3.82. The van der Waals surface area contributed by atoms with Crippen LogP contribution in [0.25, 0.3) is 0 Å². The van der Waals surface area contributed by atoms with Crippen LogP contribution < -0.4 is 5.32 Å². The number of terminal acetylenes is 1. The summed E-state index contributed by atoms with van der Waals surface area (Å²) in [5.74, 6) is 1.47. The third kappa shape index (κ3) is 2.85. The van der Waals surface area contributed by atoms with Crippen LogP contribution >= 0.6 is 0 Å². The Bertz CT molecular complexity index is 328. The fourth-order valence-electron chi connectivity index (χ4n) is 0.948. The molecule has 0 amide bonds. The third-order valence-electron chi connectivity index (χ3n) is 1.55. The van der Waals surface area contributed by atoms with Gasteiger partial charge in [-0.2, -0.15) is 0 Å². The predicted octanol–water partition coefficient (Wildman–Crippen LogP) is 1.69. The smallest absolute Gasteiger partial charge is 0.127 e.